The van der Waals surface area contributed by atoms with Gasteiger partial charge in [0, 0.05) is 37.3 Å². The third kappa shape index (κ3) is 5.26. The highest BCUT2D eigenvalue weighted by molar-refractivity contribution is 5.68. The van der Waals surface area contributed by atoms with Crippen molar-refractivity contribution in [1.82, 2.24) is 10.2 Å². The average molecular weight is 350 g/mol. The van der Waals surface area contributed by atoms with Crippen LogP contribution in [0, 0.1) is 5.92 Å². The molecular formula is C19H30N2O4. The van der Waals surface area contributed by atoms with Crippen molar-refractivity contribution in [2.45, 2.75) is 45.9 Å². The number of hydrogen-bond donors (Lipinski definition) is 1. The number of carbonyl (C=O) groups excluding carboxylic acids is 1. The summed E-state index contributed by atoms with van der Waals surface area (Å²) in [5.41, 5.74) is 0.591. The predicted molar refractivity (Wildman–Crippen MR) is 97.1 cm³/mol. The van der Waals surface area contributed by atoms with Crippen molar-refractivity contribution in [2.24, 2.45) is 5.92 Å². The molecule has 1 heterocycles. The molecule has 1 saturated heterocycles. The van der Waals surface area contributed by atoms with Crippen LogP contribution >= 0.6 is 0 Å². The van der Waals surface area contributed by atoms with Crippen LogP contribution in [0.25, 0.3) is 0 Å². The van der Waals surface area contributed by atoms with Gasteiger partial charge in [0.25, 0.3) is 0 Å². The minimum absolute atomic E-state index is 0.222. The molecule has 1 aromatic carbocycles. The molecule has 2 unspecified atom stereocenters. The van der Waals surface area contributed by atoms with Gasteiger partial charge in [0.15, 0.2) is 0 Å². The molecule has 0 radical (unpaired) electrons. The number of methoxy groups -OCH3 is 2. The molecule has 0 spiro atoms. The lowest BCUT2D eigenvalue weighted by atomic mass is 10.1. The number of ether oxygens (including phenoxy) is 3. The Morgan fingerprint density at radius 3 is 2.56 bits per heavy atom. The Morgan fingerprint density at radius 1 is 1.24 bits per heavy atom. The molecule has 6 heteroatoms. The van der Waals surface area contributed by atoms with Gasteiger partial charge in [0.2, 0.25) is 0 Å². The first-order chi connectivity index (χ1) is 11.7. The maximum atomic E-state index is 12.2. The molecule has 6 nitrogen and oxygen atoms in total. The highest BCUT2D eigenvalue weighted by Crippen LogP contribution is 2.25. The molecule has 0 bridgehead atoms. The molecule has 1 amide bonds. The first-order valence-corrected chi connectivity index (χ1v) is 8.65. The van der Waals surface area contributed by atoms with E-state index in [9.17, 15) is 4.79 Å². The fraction of sp³-hybridized carbons (Fsp3) is 0.632. The number of rotatable bonds is 5. The summed E-state index contributed by atoms with van der Waals surface area (Å²) in [5, 5.41) is 3.54. The van der Waals surface area contributed by atoms with Gasteiger partial charge < -0.3 is 24.4 Å². The summed E-state index contributed by atoms with van der Waals surface area (Å²) in [5.74, 6) is 1.92. The van der Waals surface area contributed by atoms with Gasteiger partial charge in [0.05, 0.1) is 14.2 Å². The molecular weight excluding hydrogens is 320 g/mol. The molecule has 1 aliphatic rings. The number of nitrogens with zero attached hydrogens (tertiary/aromatic N) is 1. The Labute approximate surface area is 150 Å². The SMILES string of the molecule is COc1ccc(CNC2CN(C(=O)OC(C)(C)C)CC2C)c(OC)c1. The van der Waals surface area contributed by atoms with Gasteiger partial charge in [0.1, 0.15) is 17.1 Å². The van der Waals surface area contributed by atoms with Gasteiger partial charge in [-0.2, -0.15) is 0 Å². The summed E-state index contributed by atoms with van der Waals surface area (Å²) in [6, 6.07) is 6.02. The van der Waals surface area contributed by atoms with E-state index in [0.717, 1.165) is 17.1 Å². The summed E-state index contributed by atoms with van der Waals surface area (Å²) in [7, 11) is 3.29. The summed E-state index contributed by atoms with van der Waals surface area (Å²) < 4.78 is 16.1. The third-order valence-corrected chi connectivity index (χ3v) is 4.31. The zero-order valence-corrected chi connectivity index (χ0v) is 16.1. The Bertz CT molecular complexity index is 598. The smallest absolute Gasteiger partial charge is 0.410 e. The van der Waals surface area contributed by atoms with Crippen LogP contribution in [-0.4, -0.2) is 49.9 Å². The van der Waals surface area contributed by atoms with Crippen molar-refractivity contribution < 1.29 is 19.0 Å². The molecule has 0 saturated carbocycles. The van der Waals surface area contributed by atoms with Gasteiger partial charge in [-0.1, -0.05) is 13.0 Å². The molecule has 1 aliphatic heterocycles. The average Bonchev–Trinajstić information content (AvgIpc) is 2.92. The lowest BCUT2D eigenvalue weighted by Gasteiger charge is -2.24. The fourth-order valence-electron chi connectivity index (χ4n) is 2.95. The van der Waals surface area contributed by atoms with Crippen molar-refractivity contribution in [1.29, 1.82) is 0 Å². The van der Waals surface area contributed by atoms with E-state index in [1.54, 1.807) is 19.1 Å². The first-order valence-electron chi connectivity index (χ1n) is 8.65. The number of likely N-dealkylation sites (tertiary alicyclic amines) is 1. The van der Waals surface area contributed by atoms with Crippen molar-refractivity contribution in [3.05, 3.63) is 23.8 Å². The van der Waals surface area contributed by atoms with E-state index in [2.05, 4.69) is 12.2 Å². The summed E-state index contributed by atoms with van der Waals surface area (Å²) in [6.45, 7) is 9.82. The molecule has 1 N–H and O–H groups in total. The van der Waals surface area contributed by atoms with Crippen LogP contribution in [0.3, 0.4) is 0 Å². The molecule has 1 aromatic rings. The zero-order chi connectivity index (χ0) is 18.6. The topological polar surface area (TPSA) is 60.0 Å². The van der Waals surface area contributed by atoms with Crippen molar-refractivity contribution >= 4 is 6.09 Å². The van der Waals surface area contributed by atoms with E-state index < -0.39 is 5.60 Å². The molecule has 2 atom stereocenters. The number of hydrogen-bond acceptors (Lipinski definition) is 5. The van der Waals surface area contributed by atoms with Gasteiger partial charge in [-0.3, -0.25) is 0 Å². The second-order valence-electron chi connectivity index (χ2n) is 7.53. The quantitative estimate of drug-likeness (QED) is 0.884. The lowest BCUT2D eigenvalue weighted by Crippen LogP contribution is -2.38. The van der Waals surface area contributed by atoms with Gasteiger partial charge in [-0.15, -0.1) is 0 Å². The van der Waals surface area contributed by atoms with Gasteiger partial charge >= 0.3 is 6.09 Å². The van der Waals surface area contributed by atoms with Crippen LogP contribution in [-0.2, 0) is 11.3 Å². The highest BCUT2D eigenvalue weighted by Gasteiger charge is 2.34. The number of benzene rings is 1. The van der Waals surface area contributed by atoms with Crippen molar-refractivity contribution in [3.8, 4) is 11.5 Å². The Hall–Kier alpha value is -1.95. The lowest BCUT2D eigenvalue weighted by molar-refractivity contribution is 0.0286. The minimum Gasteiger partial charge on any atom is -0.497 e. The molecule has 0 aromatic heterocycles. The van der Waals surface area contributed by atoms with Crippen LogP contribution in [0.4, 0.5) is 4.79 Å². The third-order valence-electron chi connectivity index (χ3n) is 4.31. The predicted octanol–water partition coefficient (Wildman–Crippen LogP) is 3.05. The zero-order valence-electron chi connectivity index (χ0n) is 16.1. The van der Waals surface area contributed by atoms with Crippen LogP contribution in [0.2, 0.25) is 0 Å². The Balaban J connectivity index is 1.94. The van der Waals surface area contributed by atoms with E-state index >= 15 is 0 Å². The van der Waals surface area contributed by atoms with Crippen LogP contribution < -0.4 is 14.8 Å². The van der Waals surface area contributed by atoms with Crippen LogP contribution in [0.1, 0.15) is 33.3 Å². The van der Waals surface area contributed by atoms with E-state index in [4.69, 9.17) is 14.2 Å². The number of amides is 1. The maximum absolute atomic E-state index is 12.2. The van der Waals surface area contributed by atoms with E-state index in [-0.39, 0.29) is 12.1 Å². The van der Waals surface area contributed by atoms with Crippen molar-refractivity contribution in [2.75, 3.05) is 27.3 Å². The van der Waals surface area contributed by atoms with Crippen molar-refractivity contribution in [3.63, 3.8) is 0 Å². The monoisotopic (exact) mass is 350 g/mol. The summed E-state index contributed by atoms with van der Waals surface area (Å²) in [4.78, 5) is 14.0. The number of carbonyl (C=O) groups is 1. The van der Waals surface area contributed by atoms with Gasteiger partial charge in [-0.05, 0) is 32.8 Å². The van der Waals surface area contributed by atoms with Gasteiger partial charge in [-0.25, -0.2) is 4.79 Å². The standard InChI is InChI=1S/C19H30N2O4/c1-13-11-21(18(22)25-19(2,3)4)12-16(13)20-10-14-7-8-15(23-5)9-17(14)24-6/h7-9,13,16,20H,10-12H2,1-6H3. The first kappa shape index (κ1) is 19.4. The molecule has 140 valence electrons. The fourth-order valence-corrected chi connectivity index (χ4v) is 2.95. The highest BCUT2D eigenvalue weighted by atomic mass is 16.6. The Kier molecular flexibility index (Phi) is 6.16. The normalized spacial score (nSPS) is 20.5. The summed E-state index contributed by atoms with van der Waals surface area (Å²) in [6.07, 6.45) is -0.245. The molecule has 2 rings (SSSR count). The molecule has 25 heavy (non-hydrogen) atoms. The van der Waals surface area contributed by atoms with E-state index in [1.165, 1.54) is 0 Å². The second-order valence-corrected chi connectivity index (χ2v) is 7.53. The number of nitrogens with one attached hydrogen (secondary N) is 1. The molecule has 0 aliphatic carbocycles. The largest absolute Gasteiger partial charge is 0.497 e. The van der Waals surface area contributed by atoms with E-state index in [1.807, 2.05) is 39.0 Å². The second kappa shape index (κ2) is 7.95. The minimum atomic E-state index is -0.470. The molecule has 1 fully saturated rings. The maximum Gasteiger partial charge on any atom is 0.410 e. The van der Waals surface area contributed by atoms with Crippen LogP contribution in [0.15, 0.2) is 18.2 Å². The Morgan fingerprint density at radius 2 is 1.96 bits per heavy atom. The van der Waals surface area contributed by atoms with E-state index in [0.29, 0.717) is 25.6 Å². The summed E-state index contributed by atoms with van der Waals surface area (Å²) >= 11 is 0. The van der Waals surface area contributed by atoms with Crippen LogP contribution in [0.5, 0.6) is 11.5 Å².